The Labute approximate surface area is 292 Å². The number of anilines is 3. The molecule has 11 heteroatoms. The number of ether oxygens (including phenoxy) is 1. The van der Waals surface area contributed by atoms with Crippen LogP contribution in [-0.2, 0) is 4.74 Å². The Hall–Kier alpha value is -3.86. The molecule has 3 aliphatic rings. The zero-order valence-electron chi connectivity index (χ0n) is 30.3. The number of unbranched alkanes of at least 4 members (excludes halogenated alkanes) is 1. The van der Waals surface area contributed by atoms with E-state index in [-0.39, 0.29) is 12.0 Å². The Morgan fingerprint density at radius 3 is 2.29 bits per heavy atom. The summed E-state index contributed by atoms with van der Waals surface area (Å²) in [5, 5.41) is 4.30. The molecule has 2 amide bonds. The number of nitrogens with zero attached hydrogens (tertiary/aromatic N) is 7. The zero-order chi connectivity index (χ0) is 34.5. The molecular weight excluding hydrogens is 616 g/mol. The molecule has 1 N–H and O–H groups in total. The van der Waals surface area contributed by atoms with Crippen molar-refractivity contribution in [2.24, 2.45) is 5.92 Å². The van der Waals surface area contributed by atoms with E-state index in [0.717, 1.165) is 94.1 Å². The summed E-state index contributed by atoms with van der Waals surface area (Å²) in [4.78, 5) is 43.5. The molecule has 1 aromatic carbocycles. The Morgan fingerprint density at radius 2 is 1.63 bits per heavy atom. The molecule has 3 fully saturated rings. The predicted octanol–water partition coefficient (Wildman–Crippen LogP) is 6.93. The first kappa shape index (κ1) is 35.0. The molecule has 1 saturated carbocycles. The van der Waals surface area contributed by atoms with Crippen LogP contribution in [0.3, 0.4) is 0 Å². The third-order valence-corrected chi connectivity index (χ3v) is 10.4. The molecule has 0 bridgehead atoms. The summed E-state index contributed by atoms with van der Waals surface area (Å²) >= 11 is 0. The summed E-state index contributed by atoms with van der Waals surface area (Å²) < 4.78 is 7.69. The van der Waals surface area contributed by atoms with Crippen molar-refractivity contribution < 1.29 is 14.3 Å². The van der Waals surface area contributed by atoms with Crippen LogP contribution in [0.25, 0.3) is 11.0 Å². The number of hydrogen-bond donors (Lipinski definition) is 1. The van der Waals surface area contributed by atoms with E-state index >= 15 is 0 Å². The van der Waals surface area contributed by atoms with Gasteiger partial charge in [0.05, 0.1) is 0 Å². The second-order valence-corrected chi connectivity index (χ2v) is 15.4. The fraction of sp³-hybridized carbons (Fsp3) is 0.632. The van der Waals surface area contributed by atoms with Gasteiger partial charge in [0, 0.05) is 82.4 Å². The number of benzene rings is 1. The van der Waals surface area contributed by atoms with Crippen LogP contribution >= 0.6 is 0 Å². The van der Waals surface area contributed by atoms with E-state index in [1.807, 2.05) is 37.9 Å². The fourth-order valence-corrected chi connectivity index (χ4v) is 7.61. The zero-order valence-corrected chi connectivity index (χ0v) is 30.3. The van der Waals surface area contributed by atoms with E-state index in [2.05, 4.69) is 48.9 Å². The van der Waals surface area contributed by atoms with Crippen LogP contribution in [0.2, 0.25) is 0 Å². The molecule has 0 atom stereocenters. The van der Waals surface area contributed by atoms with E-state index in [0.29, 0.717) is 17.7 Å². The molecule has 0 radical (unpaired) electrons. The first-order valence-electron chi connectivity index (χ1n) is 18.5. The van der Waals surface area contributed by atoms with E-state index in [9.17, 15) is 9.59 Å². The van der Waals surface area contributed by atoms with Crippen LogP contribution < -0.4 is 10.2 Å². The summed E-state index contributed by atoms with van der Waals surface area (Å²) in [6, 6.07) is 10.8. The molecule has 4 heterocycles. The quantitative estimate of drug-likeness (QED) is 0.232. The molecule has 2 aromatic heterocycles. The van der Waals surface area contributed by atoms with Crippen molar-refractivity contribution in [1.82, 2.24) is 29.2 Å². The SMILES string of the molecule is CN(C)C(=O)c1cc2cnc(Nc3ccc(N4CCN(CCCCC5CCN(C(=O)OC(C)(C)C)CC5)CC4)cc3)nc2n1C1CCCC1. The Bertz CT molecular complexity index is 1560. The van der Waals surface area contributed by atoms with Gasteiger partial charge in [-0.1, -0.05) is 25.7 Å². The number of amides is 2. The topological polar surface area (TPSA) is 99.1 Å². The van der Waals surface area contributed by atoms with Crippen LogP contribution in [0.4, 0.5) is 22.1 Å². The van der Waals surface area contributed by atoms with Gasteiger partial charge in [-0.3, -0.25) is 9.69 Å². The molecule has 3 aromatic rings. The second kappa shape index (κ2) is 15.4. The standard InChI is InChI=1S/C38H56N8O3/c1-38(2,3)49-37(48)45-20-17-28(18-21-45)10-8-9-19-43-22-24-44(25-23-43)31-15-13-30(14-16-31)40-36-39-27-29-26-33(35(47)42(4)5)46(34(29)41-36)32-11-6-7-12-32/h13-16,26-28,32H,6-12,17-25H2,1-5H3,(H,39,40,41). The highest BCUT2D eigenvalue weighted by Crippen LogP contribution is 2.35. The van der Waals surface area contributed by atoms with Gasteiger partial charge in [-0.2, -0.15) is 4.98 Å². The van der Waals surface area contributed by atoms with E-state index < -0.39 is 5.60 Å². The van der Waals surface area contributed by atoms with Gasteiger partial charge in [0.15, 0.2) is 0 Å². The maximum absolute atomic E-state index is 13.0. The molecule has 266 valence electrons. The minimum absolute atomic E-state index is 0.00118. The Kier molecular flexibility index (Phi) is 11.0. The van der Waals surface area contributed by atoms with Crippen LogP contribution in [0, 0.1) is 5.92 Å². The number of carbonyl (C=O) groups is 2. The average Bonchev–Trinajstić information content (AvgIpc) is 3.74. The van der Waals surface area contributed by atoms with Crippen molar-refractivity contribution in [2.45, 2.75) is 90.2 Å². The summed E-state index contributed by atoms with van der Waals surface area (Å²) in [5.74, 6) is 1.26. The molecule has 0 spiro atoms. The molecule has 49 heavy (non-hydrogen) atoms. The number of aromatic nitrogens is 3. The maximum Gasteiger partial charge on any atom is 0.410 e. The highest BCUT2D eigenvalue weighted by molar-refractivity contribution is 5.98. The van der Waals surface area contributed by atoms with E-state index in [1.54, 1.807) is 19.0 Å². The first-order chi connectivity index (χ1) is 23.5. The van der Waals surface area contributed by atoms with Crippen molar-refractivity contribution in [3.05, 3.63) is 42.2 Å². The van der Waals surface area contributed by atoms with Crippen molar-refractivity contribution in [1.29, 1.82) is 0 Å². The number of nitrogens with one attached hydrogen (secondary N) is 1. The number of likely N-dealkylation sites (tertiary alicyclic amines) is 1. The van der Waals surface area contributed by atoms with Crippen molar-refractivity contribution in [3.63, 3.8) is 0 Å². The molecule has 6 rings (SSSR count). The van der Waals surface area contributed by atoms with Gasteiger partial charge >= 0.3 is 6.09 Å². The summed E-state index contributed by atoms with van der Waals surface area (Å²) in [6.45, 7) is 12.8. The van der Waals surface area contributed by atoms with Gasteiger partial charge in [0.2, 0.25) is 5.95 Å². The molecular formula is C38H56N8O3. The minimum atomic E-state index is -0.432. The lowest BCUT2D eigenvalue weighted by atomic mass is 9.91. The number of hydrogen-bond acceptors (Lipinski definition) is 8. The van der Waals surface area contributed by atoms with Gasteiger partial charge in [0.25, 0.3) is 5.91 Å². The average molecular weight is 673 g/mol. The third kappa shape index (κ3) is 8.84. The number of carbonyl (C=O) groups excluding carboxylic acids is 2. The molecule has 2 aliphatic heterocycles. The fourth-order valence-electron chi connectivity index (χ4n) is 7.61. The normalized spacial score (nSPS) is 18.3. The number of piperazine rings is 1. The Balaban J connectivity index is 0.944. The van der Waals surface area contributed by atoms with Crippen molar-refractivity contribution in [3.8, 4) is 0 Å². The second-order valence-electron chi connectivity index (χ2n) is 15.4. The molecule has 2 saturated heterocycles. The highest BCUT2D eigenvalue weighted by atomic mass is 16.6. The number of fused-ring (bicyclic) bond motifs is 1. The molecule has 0 unspecified atom stereocenters. The Morgan fingerprint density at radius 1 is 0.939 bits per heavy atom. The lowest BCUT2D eigenvalue weighted by Gasteiger charge is -2.36. The molecule has 1 aliphatic carbocycles. The van der Waals surface area contributed by atoms with Gasteiger partial charge in [0.1, 0.15) is 16.9 Å². The number of rotatable bonds is 10. The lowest BCUT2D eigenvalue weighted by Crippen LogP contribution is -2.46. The third-order valence-electron chi connectivity index (χ3n) is 10.4. The van der Waals surface area contributed by atoms with E-state index in [1.165, 1.54) is 37.8 Å². The van der Waals surface area contributed by atoms with Crippen LogP contribution in [-0.4, -0.2) is 107 Å². The largest absolute Gasteiger partial charge is 0.444 e. The van der Waals surface area contributed by atoms with Crippen LogP contribution in [0.5, 0.6) is 0 Å². The van der Waals surface area contributed by atoms with E-state index in [4.69, 9.17) is 9.72 Å². The van der Waals surface area contributed by atoms with Gasteiger partial charge in [-0.25, -0.2) is 9.78 Å². The minimum Gasteiger partial charge on any atom is -0.444 e. The summed E-state index contributed by atoms with van der Waals surface area (Å²) in [5.41, 5.74) is 3.27. The van der Waals surface area contributed by atoms with Gasteiger partial charge < -0.3 is 29.3 Å². The first-order valence-corrected chi connectivity index (χ1v) is 18.5. The maximum atomic E-state index is 13.0. The molecule has 11 nitrogen and oxygen atoms in total. The van der Waals surface area contributed by atoms with Crippen LogP contribution in [0.1, 0.15) is 95.1 Å². The highest BCUT2D eigenvalue weighted by Gasteiger charge is 2.28. The smallest absolute Gasteiger partial charge is 0.410 e. The monoisotopic (exact) mass is 672 g/mol. The predicted molar refractivity (Wildman–Crippen MR) is 196 cm³/mol. The van der Waals surface area contributed by atoms with Crippen molar-refractivity contribution >= 4 is 40.4 Å². The van der Waals surface area contributed by atoms with Crippen LogP contribution in [0.15, 0.2) is 36.5 Å². The number of piperidine rings is 1. The summed E-state index contributed by atoms with van der Waals surface area (Å²) in [7, 11) is 3.60. The lowest BCUT2D eigenvalue weighted by molar-refractivity contribution is 0.0180. The van der Waals surface area contributed by atoms with Gasteiger partial charge in [-0.15, -0.1) is 0 Å². The van der Waals surface area contributed by atoms with Gasteiger partial charge in [-0.05, 0) is 95.7 Å². The summed E-state index contributed by atoms with van der Waals surface area (Å²) in [6.07, 6.45) is 12.1. The van der Waals surface area contributed by atoms with Crippen molar-refractivity contribution in [2.75, 3.05) is 70.1 Å².